The van der Waals surface area contributed by atoms with Gasteiger partial charge in [-0.15, -0.1) is 12.4 Å². The standard InChI is InChI=1S/C18H17Cl2FN2O2.ClH/c1-10(25-14-7-12(19)6-13(20)8-14)18(24)23-16-3-2-11-9-22-5-4-15(11)17(16)21;/h2-3,6-8,10,22H,4-5,9H2,1H3,(H,23,24);1H. The van der Waals surface area contributed by atoms with Crippen LogP contribution in [0.15, 0.2) is 30.3 Å². The highest BCUT2D eigenvalue weighted by molar-refractivity contribution is 6.34. The first-order chi connectivity index (χ1) is 11.9. The first kappa shape index (κ1) is 20.8. The third-order valence-electron chi connectivity index (χ3n) is 3.98. The van der Waals surface area contributed by atoms with Crippen molar-refractivity contribution in [2.45, 2.75) is 26.0 Å². The summed E-state index contributed by atoms with van der Waals surface area (Å²) in [6, 6.07) is 8.08. The molecule has 0 aromatic heterocycles. The molecular weight excluding hydrogens is 402 g/mol. The van der Waals surface area contributed by atoms with E-state index in [-0.39, 0.29) is 23.9 Å². The molecule has 1 aliphatic heterocycles. The van der Waals surface area contributed by atoms with Crippen LogP contribution < -0.4 is 15.4 Å². The van der Waals surface area contributed by atoms with Crippen molar-refractivity contribution in [2.75, 3.05) is 11.9 Å². The van der Waals surface area contributed by atoms with Crippen LogP contribution in [-0.4, -0.2) is 18.6 Å². The molecule has 0 saturated heterocycles. The minimum Gasteiger partial charge on any atom is -0.481 e. The second-order valence-corrected chi connectivity index (χ2v) is 6.72. The van der Waals surface area contributed by atoms with Crippen LogP contribution in [0.4, 0.5) is 10.1 Å². The van der Waals surface area contributed by atoms with Gasteiger partial charge in [0, 0.05) is 16.6 Å². The number of rotatable bonds is 4. The molecule has 2 aromatic rings. The van der Waals surface area contributed by atoms with E-state index in [2.05, 4.69) is 10.6 Å². The van der Waals surface area contributed by atoms with Crippen LogP contribution in [-0.2, 0) is 17.8 Å². The van der Waals surface area contributed by atoms with E-state index < -0.39 is 12.0 Å². The highest BCUT2D eigenvalue weighted by Crippen LogP contribution is 2.26. The predicted molar refractivity (Wildman–Crippen MR) is 104 cm³/mol. The number of carbonyl (C=O) groups is 1. The topological polar surface area (TPSA) is 50.4 Å². The van der Waals surface area contributed by atoms with Crippen molar-refractivity contribution in [2.24, 2.45) is 0 Å². The SMILES string of the molecule is CC(Oc1cc(Cl)cc(Cl)c1)C(=O)Nc1ccc2c(c1F)CCNC2.Cl. The lowest BCUT2D eigenvalue weighted by Crippen LogP contribution is -2.31. The molecule has 1 amide bonds. The molecule has 4 nitrogen and oxygen atoms in total. The van der Waals surface area contributed by atoms with Crippen LogP contribution in [0.1, 0.15) is 18.1 Å². The van der Waals surface area contributed by atoms with Crippen LogP contribution >= 0.6 is 35.6 Å². The monoisotopic (exact) mass is 418 g/mol. The first-order valence-corrected chi connectivity index (χ1v) is 8.64. The van der Waals surface area contributed by atoms with Gasteiger partial charge in [-0.25, -0.2) is 4.39 Å². The Labute approximate surface area is 167 Å². The van der Waals surface area contributed by atoms with E-state index in [1.54, 1.807) is 31.2 Å². The number of amides is 1. The van der Waals surface area contributed by atoms with Crippen molar-refractivity contribution >= 4 is 47.2 Å². The van der Waals surface area contributed by atoms with E-state index in [0.717, 1.165) is 12.1 Å². The van der Waals surface area contributed by atoms with E-state index in [0.29, 0.717) is 34.3 Å². The Morgan fingerprint density at radius 2 is 1.96 bits per heavy atom. The number of halogens is 4. The van der Waals surface area contributed by atoms with Gasteiger partial charge in [0.25, 0.3) is 5.91 Å². The van der Waals surface area contributed by atoms with Crippen molar-refractivity contribution in [3.8, 4) is 5.75 Å². The second-order valence-electron chi connectivity index (χ2n) is 5.85. The molecule has 0 radical (unpaired) electrons. The summed E-state index contributed by atoms with van der Waals surface area (Å²) in [5.74, 6) is -0.466. The van der Waals surface area contributed by atoms with Gasteiger partial charge < -0.3 is 15.4 Å². The Morgan fingerprint density at radius 3 is 2.65 bits per heavy atom. The van der Waals surface area contributed by atoms with E-state index in [4.69, 9.17) is 27.9 Å². The summed E-state index contributed by atoms with van der Waals surface area (Å²) in [4.78, 5) is 12.3. The van der Waals surface area contributed by atoms with Gasteiger partial charge in [0.2, 0.25) is 0 Å². The largest absolute Gasteiger partial charge is 0.481 e. The number of benzene rings is 2. The highest BCUT2D eigenvalue weighted by atomic mass is 35.5. The molecule has 1 heterocycles. The number of ether oxygens (including phenoxy) is 1. The molecule has 26 heavy (non-hydrogen) atoms. The average Bonchev–Trinajstić information content (AvgIpc) is 2.56. The van der Waals surface area contributed by atoms with Crippen molar-refractivity contribution in [3.05, 3.63) is 57.3 Å². The Hall–Kier alpha value is -1.53. The van der Waals surface area contributed by atoms with Gasteiger partial charge in [-0.2, -0.15) is 0 Å². The summed E-state index contributed by atoms with van der Waals surface area (Å²) in [6.45, 7) is 2.93. The molecular formula is C18H18Cl3FN2O2. The molecule has 0 fully saturated rings. The van der Waals surface area contributed by atoms with Crippen LogP contribution in [0.2, 0.25) is 10.0 Å². The molecule has 0 saturated carbocycles. The Bertz CT molecular complexity index is 797. The summed E-state index contributed by atoms with van der Waals surface area (Å²) in [7, 11) is 0. The van der Waals surface area contributed by atoms with Gasteiger partial charge >= 0.3 is 0 Å². The molecule has 2 aromatic carbocycles. The summed E-state index contributed by atoms with van der Waals surface area (Å²) in [5, 5.41) is 6.59. The molecule has 1 atom stereocenters. The minimum atomic E-state index is -0.841. The molecule has 1 unspecified atom stereocenters. The molecule has 0 aliphatic carbocycles. The van der Waals surface area contributed by atoms with Gasteiger partial charge in [-0.3, -0.25) is 4.79 Å². The van der Waals surface area contributed by atoms with E-state index >= 15 is 0 Å². The molecule has 8 heteroatoms. The van der Waals surface area contributed by atoms with Gasteiger partial charge in [-0.1, -0.05) is 29.3 Å². The maximum atomic E-state index is 14.6. The zero-order valence-electron chi connectivity index (χ0n) is 13.9. The van der Waals surface area contributed by atoms with E-state index in [1.165, 1.54) is 0 Å². The number of carbonyl (C=O) groups excluding carboxylic acids is 1. The quantitative estimate of drug-likeness (QED) is 0.761. The lowest BCUT2D eigenvalue weighted by atomic mass is 9.99. The molecule has 1 aliphatic rings. The lowest BCUT2D eigenvalue weighted by molar-refractivity contribution is -0.122. The second kappa shape index (κ2) is 8.91. The van der Waals surface area contributed by atoms with Crippen molar-refractivity contribution in [1.29, 1.82) is 0 Å². The molecule has 3 rings (SSSR count). The number of hydrogen-bond acceptors (Lipinski definition) is 3. The third-order valence-corrected chi connectivity index (χ3v) is 4.42. The van der Waals surface area contributed by atoms with Crippen molar-refractivity contribution < 1.29 is 13.9 Å². The van der Waals surface area contributed by atoms with Crippen LogP contribution in [0.3, 0.4) is 0 Å². The summed E-state index contributed by atoms with van der Waals surface area (Å²) < 4.78 is 20.1. The maximum absolute atomic E-state index is 14.6. The maximum Gasteiger partial charge on any atom is 0.265 e. The predicted octanol–water partition coefficient (Wildman–Crippen LogP) is 4.61. The van der Waals surface area contributed by atoms with Crippen LogP contribution in [0.5, 0.6) is 5.75 Å². The summed E-state index contributed by atoms with van der Waals surface area (Å²) >= 11 is 11.8. The Balaban J connectivity index is 0.00000243. The fraction of sp³-hybridized carbons (Fsp3) is 0.278. The molecule has 0 bridgehead atoms. The van der Waals surface area contributed by atoms with Crippen molar-refractivity contribution in [3.63, 3.8) is 0 Å². The minimum absolute atomic E-state index is 0. The lowest BCUT2D eigenvalue weighted by Gasteiger charge is -2.20. The number of anilines is 1. The number of nitrogens with one attached hydrogen (secondary N) is 2. The van der Waals surface area contributed by atoms with Gasteiger partial charge in [0.15, 0.2) is 6.10 Å². The van der Waals surface area contributed by atoms with Gasteiger partial charge in [-0.05, 0) is 55.3 Å². The number of hydrogen-bond donors (Lipinski definition) is 2. The average molecular weight is 420 g/mol. The Kier molecular flexibility index (Phi) is 7.12. The molecule has 0 spiro atoms. The number of fused-ring (bicyclic) bond motifs is 1. The van der Waals surface area contributed by atoms with E-state index in [9.17, 15) is 9.18 Å². The normalized spacial score (nSPS) is 14.0. The van der Waals surface area contributed by atoms with E-state index in [1.807, 2.05) is 6.07 Å². The fourth-order valence-electron chi connectivity index (χ4n) is 2.72. The fourth-order valence-corrected chi connectivity index (χ4v) is 3.22. The smallest absolute Gasteiger partial charge is 0.265 e. The third kappa shape index (κ3) is 4.80. The van der Waals surface area contributed by atoms with Crippen molar-refractivity contribution in [1.82, 2.24) is 5.32 Å². The van der Waals surface area contributed by atoms with Gasteiger partial charge in [0.1, 0.15) is 11.6 Å². The van der Waals surface area contributed by atoms with Gasteiger partial charge in [0.05, 0.1) is 5.69 Å². The Morgan fingerprint density at radius 1 is 1.27 bits per heavy atom. The van der Waals surface area contributed by atoms with Crippen LogP contribution in [0.25, 0.3) is 0 Å². The molecule has 2 N–H and O–H groups in total. The van der Waals surface area contributed by atoms with Crippen LogP contribution in [0, 0.1) is 5.82 Å². The summed E-state index contributed by atoms with van der Waals surface area (Å²) in [6.07, 6.45) is -0.246. The first-order valence-electron chi connectivity index (χ1n) is 7.88. The molecule has 140 valence electrons. The zero-order valence-corrected chi connectivity index (χ0v) is 16.3. The summed E-state index contributed by atoms with van der Waals surface area (Å²) in [5.41, 5.74) is 1.72. The highest BCUT2D eigenvalue weighted by Gasteiger charge is 2.20. The zero-order chi connectivity index (χ0) is 18.0.